The van der Waals surface area contributed by atoms with Gasteiger partial charge < -0.3 is 4.74 Å². The molecule has 1 saturated heterocycles. The summed E-state index contributed by atoms with van der Waals surface area (Å²) in [6.45, 7) is 3.25. The largest absolute Gasteiger partial charge is 0.378 e. The Morgan fingerprint density at radius 1 is 1.45 bits per heavy atom. The highest BCUT2D eigenvalue weighted by Crippen LogP contribution is 2.23. The minimum absolute atomic E-state index is 0.586. The third kappa shape index (κ3) is 2.86. The van der Waals surface area contributed by atoms with Gasteiger partial charge in [-0.15, -0.1) is 0 Å². The van der Waals surface area contributed by atoms with E-state index in [1.165, 1.54) is 32.0 Å². The Hall–Kier alpha value is 0.0249. The molecule has 2 heteroatoms. The van der Waals surface area contributed by atoms with Crippen molar-refractivity contribution in [1.29, 1.82) is 0 Å². The maximum absolute atomic E-state index is 5.72. The minimum atomic E-state index is 0.586. The molecule has 0 aromatic heterocycles. The Kier molecular flexibility index (Phi) is 3.99. The first-order chi connectivity index (χ1) is 5.36. The summed E-state index contributed by atoms with van der Waals surface area (Å²) in [5.41, 5.74) is 0. The van der Waals surface area contributed by atoms with Gasteiger partial charge in [-0.3, -0.25) is 0 Å². The lowest BCUT2D eigenvalue weighted by Crippen LogP contribution is -2.25. The molecule has 64 valence electrons. The highest BCUT2D eigenvalue weighted by atomic mass is 16.5. The van der Waals surface area contributed by atoms with Crippen LogP contribution in [0.1, 0.15) is 32.6 Å². The van der Waals surface area contributed by atoms with E-state index in [4.69, 9.17) is 4.74 Å². The standard InChI is InChI=1S/C9H19BO/c1-2-3-9-5-4-8(6-10)7-11-9/h8-9H,2-7,10H2,1H3. The SMILES string of the molecule is BCC1CCC(CCC)OC1. The third-order valence-corrected chi connectivity index (χ3v) is 2.65. The van der Waals surface area contributed by atoms with E-state index in [0.29, 0.717) is 6.10 Å². The number of hydrogen-bond donors (Lipinski definition) is 0. The van der Waals surface area contributed by atoms with Gasteiger partial charge in [0.15, 0.2) is 0 Å². The van der Waals surface area contributed by atoms with Gasteiger partial charge in [-0.2, -0.15) is 0 Å². The zero-order valence-electron chi connectivity index (χ0n) is 7.81. The summed E-state index contributed by atoms with van der Waals surface area (Å²) in [4.78, 5) is 0. The molecule has 1 heterocycles. The molecule has 0 saturated carbocycles. The zero-order chi connectivity index (χ0) is 8.10. The fourth-order valence-electron chi connectivity index (χ4n) is 1.73. The average molecular weight is 154 g/mol. The van der Waals surface area contributed by atoms with Crippen LogP contribution < -0.4 is 0 Å². The molecule has 0 N–H and O–H groups in total. The number of ether oxygens (including phenoxy) is 1. The van der Waals surface area contributed by atoms with Crippen LogP contribution in [0, 0.1) is 5.92 Å². The molecule has 0 amide bonds. The van der Waals surface area contributed by atoms with Gasteiger partial charge in [-0.1, -0.05) is 19.7 Å². The van der Waals surface area contributed by atoms with Crippen LogP contribution in [0.25, 0.3) is 0 Å². The average Bonchev–Trinajstić information content (AvgIpc) is 2.07. The van der Waals surface area contributed by atoms with Gasteiger partial charge in [0.2, 0.25) is 0 Å². The van der Waals surface area contributed by atoms with Crippen molar-refractivity contribution in [1.82, 2.24) is 0 Å². The van der Waals surface area contributed by atoms with Crippen LogP contribution in [0.5, 0.6) is 0 Å². The van der Waals surface area contributed by atoms with Gasteiger partial charge in [0, 0.05) is 6.61 Å². The Morgan fingerprint density at radius 2 is 2.27 bits per heavy atom. The topological polar surface area (TPSA) is 9.23 Å². The molecule has 1 fully saturated rings. The second-order valence-electron chi connectivity index (χ2n) is 3.60. The zero-order valence-corrected chi connectivity index (χ0v) is 7.81. The molecule has 2 atom stereocenters. The molecular formula is C9H19BO. The molecule has 1 nitrogen and oxygen atoms in total. The molecule has 11 heavy (non-hydrogen) atoms. The van der Waals surface area contributed by atoms with Gasteiger partial charge in [0.1, 0.15) is 7.85 Å². The molecule has 0 spiro atoms. The molecule has 1 aliphatic rings. The van der Waals surface area contributed by atoms with Crippen molar-refractivity contribution in [2.24, 2.45) is 5.92 Å². The highest BCUT2D eigenvalue weighted by molar-refractivity contribution is 6.08. The van der Waals surface area contributed by atoms with Crippen LogP contribution in [0.4, 0.5) is 0 Å². The lowest BCUT2D eigenvalue weighted by Gasteiger charge is -2.28. The summed E-state index contributed by atoms with van der Waals surface area (Å²) in [6.07, 6.45) is 7.09. The van der Waals surface area contributed by atoms with E-state index in [1.54, 1.807) is 0 Å². The second kappa shape index (κ2) is 4.81. The molecule has 0 radical (unpaired) electrons. The van der Waals surface area contributed by atoms with Crippen molar-refractivity contribution in [3.05, 3.63) is 0 Å². The Morgan fingerprint density at radius 3 is 2.73 bits per heavy atom. The van der Waals surface area contributed by atoms with Crippen LogP contribution in [-0.4, -0.2) is 20.6 Å². The second-order valence-corrected chi connectivity index (χ2v) is 3.60. The Balaban J connectivity index is 2.14. The molecule has 1 rings (SSSR count). The molecular weight excluding hydrogens is 135 g/mol. The van der Waals surface area contributed by atoms with Crippen molar-refractivity contribution in [2.75, 3.05) is 6.61 Å². The van der Waals surface area contributed by atoms with Crippen LogP contribution in [0.15, 0.2) is 0 Å². The fourth-order valence-corrected chi connectivity index (χ4v) is 1.73. The molecule has 0 aromatic carbocycles. The van der Waals surface area contributed by atoms with E-state index in [2.05, 4.69) is 14.8 Å². The maximum atomic E-state index is 5.72. The fraction of sp³-hybridized carbons (Fsp3) is 1.00. The van der Waals surface area contributed by atoms with Crippen molar-refractivity contribution >= 4 is 7.85 Å². The van der Waals surface area contributed by atoms with Gasteiger partial charge in [-0.05, 0) is 25.2 Å². The van der Waals surface area contributed by atoms with E-state index < -0.39 is 0 Å². The first-order valence-electron chi connectivity index (χ1n) is 4.98. The van der Waals surface area contributed by atoms with Gasteiger partial charge in [0.05, 0.1) is 6.10 Å². The number of hydrogen-bond acceptors (Lipinski definition) is 1. The molecule has 0 aromatic rings. The van der Waals surface area contributed by atoms with Crippen LogP contribution in [0.3, 0.4) is 0 Å². The molecule has 0 bridgehead atoms. The van der Waals surface area contributed by atoms with Crippen molar-refractivity contribution in [3.8, 4) is 0 Å². The van der Waals surface area contributed by atoms with Crippen LogP contribution in [-0.2, 0) is 4.74 Å². The van der Waals surface area contributed by atoms with E-state index in [-0.39, 0.29) is 0 Å². The summed E-state index contributed by atoms with van der Waals surface area (Å²) < 4.78 is 5.72. The van der Waals surface area contributed by atoms with Crippen LogP contribution in [0.2, 0.25) is 6.32 Å². The first-order valence-corrected chi connectivity index (χ1v) is 4.98. The van der Waals surface area contributed by atoms with Crippen molar-refractivity contribution in [2.45, 2.75) is 45.0 Å². The van der Waals surface area contributed by atoms with Gasteiger partial charge in [0.25, 0.3) is 0 Å². The van der Waals surface area contributed by atoms with E-state index in [0.717, 1.165) is 12.5 Å². The summed E-state index contributed by atoms with van der Waals surface area (Å²) in [6, 6.07) is 0. The lowest BCUT2D eigenvalue weighted by molar-refractivity contribution is -0.0150. The maximum Gasteiger partial charge on any atom is 0.101 e. The first kappa shape index (κ1) is 9.12. The smallest absolute Gasteiger partial charge is 0.101 e. The molecule has 1 aliphatic heterocycles. The third-order valence-electron chi connectivity index (χ3n) is 2.65. The summed E-state index contributed by atoms with van der Waals surface area (Å²) >= 11 is 0. The van der Waals surface area contributed by atoms with Crippen molar-refractivity contribution < 1.29 is 4.74 Å². The Labute approximate surface area is 70.9 Å². The number of rotatable bonds is 3. The highest BCUT2D eigenvalue weighted by Gasteiger charge is 2.18. The normalized spacial score (nSPS) is 32.1. The summed E-state index contributed by atoms with van der Waals surface area (Å²) in [5, 5.41) is 0. The lowest BCUT2D eigenvalue weighted by atomic mass is 9.85. The predicted molar refractivity (Wildman–Crippen MR) is 50.7 cm³/mol. The summed E-state index contributed by atoms with van der Waals surface area (Å²) in [5.74, 6) is 0.850. The van der Waals surface area contributed by atoms with E-state index in [1.807, 2.05) is 0 Å². The molecule has 0 aliphatic carbocycles. The monoisotopic (exact) mass is 154 g/mol. The van der Waals surface area contributed by atoms with Gasteiger partial charge in [-0.25, -0.2) is 0 Å². The quantitative estimate of drug-likeness (QED) is 0.561. The van der Waals surface area contributed by atoms with Gasteiger partial charge >= 0.3 is 0 Å². The van der Waals surface area contributed by atoms with E-state index >= 15 is 0 Å². The summed E-state index contributed by atoms with van der Waals surface area (Å²) in [7, 11) is 2.26. The molecule has 2 unspecified atom stereocenters. The minimum Gasteiger partial charge on any atom is -0.378 e. The predicted octanol–water partition coefficient (Wildman–Crippen LogP) is 1.63. The van der Waals surface area contributed by atoms with E-state index in [9.17, 15) is 0 Å². The van der Waals surface area contributed by atoms with Crippen molar-refractivity contribution in [3.63, 3.8) is 0 Å². The van der Waals surface area contributed by atoms with Crippen LogP contribution >= 0.6 is 0 Å². The Bertz CT molecular complexity index is 97.7.